The van der Waals surface area contributed by atoms with Crippen molar-refractivity contribution in [3.8, 4) is 11.8 Å². The van der Waals surface area contributed by atoms with E-state index in [2.05, 4.69) is 10.9 Å². The van der Waals surface area contributed by atoms with E-state index in [-0.39, 0.29) is 11.5 Å². The van der Waals surface area contributed by atoms with E-state index in [9.17, 15) is 29.6 Å². The summed E-state index contributed by atoms with van der Waals surface area (Å²) in [7, 11) is 0. The minimum absolute atomic E-state index is 0.0836. The number of alkyl halides is 2. The zero-order valence-electron chi connectivity index (χ0n) is 12.3. The molecule has 6 N–H and O–H groups in total. The van der Waals surface area contributed by atoms with Crippen LogP contribution < -0.4 is 11.4 Å². The standard InChI is InChI=1S/C13H15ClFN3O6/c1-6-5-7(16)17-11(20)18(6)10-12(14,3-2-4-15)8(19)9(24-10)13(21,22)23/h5,8-10,19,21-23H,4H2,1H3,(H2,16,17,20)/t8-,9?,10?,12?/m0/s1. The van der Waals surface area contributed by atoms with Crippen molar-refractivity contribution in [2.45, 2.75) is 36.2 Å². The molecule has 1 fully saturated rings. The highest BCUT2D eigenvalue weighted by Gasteiger charge is 2.62. The highest BCUT2D eigenvalue weighted by Crippen LogP contribution is 2.45. The van der Waals surface area contributed by atoms with Crippen molar-refractivity contribution in [2.75, 3.05) is 12.4 Å². The zero-order chi connectivity index (χ0) is 18.3. The largest absolute Gasteiger partial charge is 0.387 e. The van der Waals surface area contributed by atoms with Crippen LogP contribution in [0, 0.1) is 18.8 Å². The number of ether oxygens (including phenoxy) is 1. The maximum Gasteiger partial charge on any atom is 0.351 e. The van der Waals surface area contributed by atoms with Gasteiger partial charge in [-0.1, -0.05) is 23.4 Å². The Bertz CT molecular complexity index is 755. The van der Waals surface area contributed by atoms with Gasteiger partial charge in [0.25, 0.3) is 0 Å². The number of aromatic nitrogens is 2. The van der Waals surface area contributed by atoms with E-state index in [4.69, 9.17) is 22.1 Å². The van der Waals surface area contributed by atoms with Gasteiger partial charge in [-0.3, -0.25) is 4.57 Å². The van der Waals surface area contributed by atoms with Crippen LogP contribution in [-0.2, 0) is 4.74 Å². The lowest BCUT2D eigenvalue weighted by molar-refractivity contribution is -0.368. The molecule has 9 nitrogen and oxygen atoms in total. The highest BCUT2D eigenvalue weighted by atomic mass is 35.5. The summed E-state index contributed by atoms with van der Waals surface area (Å²) >= 11 is 6.22. The third-order valence-electron chi connectivity index (χ3n) is 3.48. The number of aliphatic hydroxyl groups is 4. The van der Waals surface area contributed by atoms with E-state index < -0.39 is 41.6 Å². The van der Waals surface area contributed by atoms with Crippen molar-refractivity contribution in [2.24, 2.45) is 0 Å². The molecule has 11 heteroatoms. The molecule has 0 aliphatic carbocycles. The normalized spacial score (nSPS) is 30.0. The second-order valence-corrected chi connectivity index (χ2v) is 5.85. The Labute approximate surface area is 140 Å². The fraction of sp³-hybridized carbons (Fsp3) is 0.538. The molecular formula is C13H15ClFN3O6. The summed E-state index contributed by atoms with van der Waals surface area (Å²) in [5, 5.41) is 38.2. The Hall–Kier alpha value is -1.74. The molecule has 1 saturated heterocycles. The third kappa shape index (κ3) is 3.10. The van der Waals surface area contributed by atoms with Gasteiger partial charge < -0.3 is 30.9 Å². The van der Waals surface area contributed by atoms with Gasteiger partial charge in [0.2, 0.25) is 0 Å². The number of anilines is 1. The minimum atomic E-state index is -3.48. The molecule has 3 unspecified atom stereocenters. The maximum atomic E-state index is 12.4. The van der Waals surface area contributed by atoms with Crippen LogP contribution in [0.2, 0.25) is 0 Å². The number of nitrogens with zero attached hydrogens (tertiary/aromatic N) is 2. The summed E-state index contributed by atoms with van der Waals surface area (Å²) in [5.74, 6) is 0.614. The summed E-state index contributed by atoms with van der Waals surface area (Å²) in [4.78, 5) is 13.4. The van der Waals surface area contributed by atoms with Crippen LogP contribution in [0.5, 0.6) is 0 Å². The molecule has 2 heterocycles. The fourth-order valence-electron chi connectivity index (χ4n) is 2.45. The first-order chi connectivity index (χ1) is 11.0. The molecule has 0 amide bonds. The molecule has 1 aliphatic heterocycles. The van der Waals surface area contributed by atoms with Crippen molar-refractivity contribution >= 4 is 17.4 Å². The van der Waals surface area contributed by atoms with Gasteiger partial charge in [0.15, 0.2) is 17.2 Å². The molecule has 1 aliphatic rings. The average Bonchev–Trinajstić information content (AvgIpc) is 2.69. The first kappa shape index (κ1) is 18.6. The van der Waals surface area contributed by atoms with Gasteiger partial charge in [0.1, 0.15) is 18.6 Å². The number of hydrogen-bond acceptors (Lipinski definition) is 8. The first-order valence-electron chi connectivity index (χ1n) is 6.63. The number of rotatable bonds is 2. The zero-order valence-corrected chi connectivity index (χ0v) is 13.1. The summed E-state index contributed by atoms with van der Waals surface area (Å²) in [5.41, 5.74) is 4.74. The van der Waals surface area contributed by atoms with E-state index >= 15 is 0 Å². The summed E-state index contributed by atoms with van der Waals surface area (Å²) < 4.78 is 18.4. The lowest BCUT2D eigenvalue weighted by atomic mass is 9.97. The van der Waals surface area contributed by atoms with Crippen molar-refractivity contribution < 1.29 is 29.6 Å². The molecular weight excluding hydrogens is 349 g/mol. The quantitative estimate of drug-likeness (QED) is 0.229. The summed E-state index contributed by atoms with van der Waals surface area (Å²) in [6.07, 6.45) is -5.63. The molecule has 1 aromatic rings. The van der Waals surface area contributed by atoms with E-state index in [1.54, 1.807) is 0 Å². The number of aryl methyl sites for hydroxylation is 1. The third-order valence-corrected chi connectivity index (χ3v) is 3.99. The Kier molecular flexibility index (Phi) is 4.87. The van der Waals surface area contributed by atoms with Gasteiger partial charge in [-0.05, 0) is 13.0 Å². The molecule has 1 aromatic heterocycles. The number of nitrogens with two attached hydrogens (primary N) is 1. The van der Waals surface area contributed by atoms with Crippen LogP contribution in [0.25, 0.3) is 0 Å². The first-order valence-corrected chi connectivity index (χ1v) is 7.01. The molecule has 0 aromatic carbocycles. The van der Waals surface area contributed by atoms with E-state index in [0.29, 0.717) is 0 Å². The van der Waals surface area contributed by atoms with Gasteiger partial charge in [0.05, 0.1) is 0 Å². The number of aliphatic hydroxyl groups excluding tert-OH is 1. The van der Waals surface area contributed by atoms with Gasteiger partial charge in [-0.25, -0.2) is 9.18 Å². The molecule has 4 atom stereocenters. The number of halogens is 2. The lowest BCUT2D eigenvalue weighted by Crippen LogP contribution is -2.51. The van der Waals surface area contributed by atoms with Gasteiger partial charge in [-0.15, -0.1) is 0 Å². The van der Waals surface area contributed by atoms with Gasteiger partial charge >= 0.3 is 11.7 Å². The second-order valence-electron chi connectivity index (χ2n) is 5.22. The van der Waals surface area contributed by atoms with Crippen LogP contribution >= 0.6 is 11.6 Å². The minimum Gasteiger partial charge on any atom is -0.387 e. The highest BCUT2D eigenvalue weighted by molar-refractivity contribution is 6.27. The molecule has 2 rings (SSSR count). The summed E-state index contributed by atoms with van der Waals surface area (Å²) in [6.45, 7) is 0.335. The smallest absolute Gasteiger partial charge is 0.351 e. The van der Waals surface area contributed by atoms with E-state index in [0.717, 1.165) is 4.57 Å². The van der Waals surface area contributed by atoms with Crippen molar-refractivity contribution in [3.05, 3.63) is 22.2 Å². The molecule has 0 bridgehead atoms. The van der Waals surface area contributed by atoms with Gasteiger partial charge in [-0.2, -0.15) is 4.98 Å². The molecule has 24 heavy (non-hydrogen) atoms. The molecule has 0 spiro atoms. The average molecular weight is 364 g/mol. The Balaban J connectivity index is 2.64. The Morgan fingerprint density at radius 2 is 2.21 bits per heavy atom. The molecule has 132 valence electrons. The van der Waals surface area contributed by atoms with E-state index in [1.807, 2.05) is 5.92 Å². The second kappa shape index (κ2) is 6.29. The van der Waals surface area contributed by atoms with Crippen molar-refractivity contribution in [3.63, 3.8) is 0 Å². The number of nitrogen functional groups attached to an aromatic ring is 1. The monoisotopic (exact) mass is 363 g/mol. The summed E-state index contributed by atoms with van der Waals surface area (Å²) in [6, 6.07) is 1.30. The predicted octanol–water partition coefficient (Wildman–Crippen LogP) is -2.03. The predicted molar refractivity (Wildman–Crippen MR) is 79.3 cm³/mol. The fourth-order valence-corrected chi connectivity index (χ4v) is 2.78. The maximum absolute atomic E-state index is 12.4. The van der Waals surface area contributed by atoms with Crippen molar-refractivity contribution in [1.82, 2.24) is 9.55 Å². The Morgan fingerprint density at radius 1 is 1.58 bits per heavy atom. The van der Waals surface area contributed by atoms with Crippen molar-refractivity contribution in [1.29, 1.82) is 0 Å². The van der Waals surface area contributed by atoms with E-state index in [1.165, 1.54) is 13.0 Å². The number of hydrogen-bond donors (Lipinski definition) is 5. The molecule has 0 saturated carbocycles. The van der Waals surface area contributed by atoms with Crippen LogP contribution in [0.4, 0.5) is 10.2 Å². The van der Waals surface area contributed by atoms with Crippen LogP contribution in [0.15, 0.2) is 10.9 Å². The lowest BCUT2D eigenvalue weighted by Gasteiger charge is -2.27. The Morgan fingerprint density at radius 3 is 2.71 bits per heavy atom. The molecule has 0 radical (unpaired) electrons. The van der Waals surface area contributed by atoms with Crippen LogP contribution in [0.1, 0.15) is 11.9 Å². The SMILES string of the molecule is Cc1cc(N)nc(=O)n1C1OC(C(O)(O)O)[C@H](O)C1(Cl)C#CCF. The van der Waals surface area contributed by atoms with Crippen LogP contribution in [0.3, 0.4) is 0 Å². The van der Waals surface area contributed by atoms with Gasteiger partial charge in [0, 0.05) is 5.69 Å². The topological polar surface area (TPSA) is 151 Å². The van der Waals surface area contributed by atoms with Crippen LogP contribution in [-0.4, -0.2) is 59.7 Å².